The standard InChI is InChI=1S/C13H10FN3O3/c14-11-3-2-10(5-8(11)1-4-12(18)19)17-13(20)9-6-15-16-7-9/h1-7H,(H,15,16)(H,17,20)(H,18,19)/b4-1+. The number of aromatic nitrogens is 2. The van der Waals surface area contributed by atoms with Crippen LogP contribution in [0.2, 0.25) is 0 Å². The largest absolute Gasteiger partial charge is 0.478 e. The quantitative estimate of drug-likeness (QED) is 0.742. The van der Waals surface area contributed by atoms with E-state index in [0.717, 1.165) is 18.2 Å². The molecule has 0 fully saturated rings. The van der Waals surface area contributed by atoms with E-state index in [4.69, 9.17) is 5.11 Å². The topological polar surface area (TPSA) is 95.1 Å². The van der Waals surface area contributed by atoms with Crippen molar-refractivity contribution in [3.05, 3.63) is 53.6 Å². The molecule has 0 atom stereocenters. The summed E-state index contributed by atoms with van der Waals surface area (Å²) in [5.74, 6) is -2.17. The highest BCUT2D eigenvalue weighted by molar-refractivity contribution is 6.04. The molecule has 1 aromatic carbocycles. The van der Waals surface area contributed by atoms with Gasteiger partial charge in [-0.2, -0.15) is 5.10 Å². The highest BCUT2D eigenvalue weighted by Crippen LogP contribution is 2.17. The van der Waals surface area contributed by atoms with Gasteiger partial charge in [-0.3, -0.25) is 9.89 Å². The molecule has 1 amide bonds. The number of amides is 1. The summed E-state index contributed by atoms with van der Waals surface area (Å²) in [6.07, 6.45) is 4.71. The van der Waals surface area contributed by atoms with Crippen LogP contribution in [0.1, 0.15) is 15.9 Å². The zero-order chi connectivity index (χ0) is 14.5. The average Bonchev–Trinajstić information content (AvgIpc) is 2.93. The predicted octanol–water partition coefficient (Wildman–Crippen LogP) is 1.90. The number of benzene rings is 1. The number of nitrogens with one attached hydrogen (secondary N) is 2. The van der Waals surface area contributed by atoms with E-state index >= 15 is 0 Å². The van der Waals surface area contributed by atoms with Gasteiger partial charge in [0.1, 0.15) is 5.82 Å². The molecule has 0 saturated heterocycles. The molecule has 0 aliphatic carbocycles. The molecule has 3 N–H and O–H groups in total. The molecule has 0 spiro atoms. The molecule has 20 heavy (non-hydrogen) atoms. The van der Waals surface area contributed by atoms with Gasteiger partial charge in [-0.25, -0.2) is 9.18 Å². The molecule has 6 nitrogen and oxygen atoms in total. The molecular formula is C13H10FN3O3. The third-order valence-corrected chi connectivity index (χ3v) is 2.42. The van der Waals surface area contributed by atoms with Gasteiger partial charge in [-0.05, 0) is 24.3 Å². The number of halogens is 1. The van der Waals surface area contributed by atoms with Crippen LogP contribution in [0.15, 0.2) is 36.7 Å². The molecular weight excluding hydrogens is 265 g/mol. The summed E-state index contributed by atoms with van der Waals surface area (Å²) in [4.78, 5) is 22.2. The summed E-state index contributed by atoms with van der Waals surface area (Å²) in [5, 5.41) is 17.2. The van der Waals surface area contributed by atoms with Crippen LogP contribution in [0.3, 0.4) is 0 Å². The van der Waals surface area contributed by atoms with Gasteiger partial charge in [0.25, 0.3) is 5.91 Å². The fourth-order valence-corrected chi connectivity index (χ4v) is 1.49. The lowest BCUT2D eigenvalue weighted by Crippen LogP contribution is -2.11. The van der Waals surface area contributed by atoms with E-state index < -0.39 is 17.7 Å². The first-order valence-corrected chi connectivity index (χ1v) is 5.57. The number of aromatic amines is 1. The Labute approximate surface area is 112 Å². The Kier molecular flexibility index (Phi) is 3.90. The minimum atomic E-state index is -1.18. The number of hydrogen-bond acceptors (Lipinski definition) is 3. The lowest BCUT2D eigenvalue weighted by molar-refractivity contribution is -0.131. The second kappa shape index (κ2) is 5.79. The van der Waals surface area contributed by atoms with Crippen molar-refractivity contribution in [1.82, 2.24) is 10.2 Å². The van der Waals surface area contributed by atoms with Crippen molar-refractivity contribution in [3.63, 3.8) is 0 Å². The van der Waals surface area contributed by atoms with E-state index in [1.807, 2.05) is 0 Å². The fourth-order valence-electron chi connectivity index (χ4n) is 1.49. The molecule has 0 unspecified atom stereocenters. The van der Waals surface area contributed by atoms with E-state index in [-0.39, 0.29) is 5.56 Å². The highest BCUT2D eigenvalue weighted by Gasteiger charge is 2.08. The summed E-state index contributed by atoms with van der Waals surface area (Å²) in [7, 11) is 0. The lowest BCUT2D eigenvalue weighted by atomic mass is 10.1. The second-order valence-corrected chi connectivity index (χ2v) is 3.85. The molecule has 102 valence electrons. The highest BCUT2D eigenvalue weighted by atomic mass is 19.1. The minimum Gasteiger partial charge on any atom is -0.478 e. The Morgan fingerprint density at radius 1 is 1.40 bits per heavy atom. The van der Waals surface area contributed by atoms with Crippen LogP contribution >= 0.6 is 0 Å². The van der Waals surface area contributed by atoms with Gasteiger partial charge in [-0.1, -0.05) is 0 Å². The first-order chi connectivity index (χ1) is 9.56. The van der Waals surface area contributed by atoms with Gasteiger partial charge in [0.05, 0.1) is 11.8 Å². The van der Waals surface area contributed by atoms with E-state index in [0.29, 0.717) is 11.3 Å². The fraction of sp³-hybridized carbons (Fsp3) is 0. The van der Waals surface area contributed by atoms with Crippen LogP contribution in [-0.4, -0.2) is 27.2 Å². The molecule has 2 aromatic rings. The van der Waals surface area contributed by atoms with Crippen LogP contribution in [0.5, 0.6) is 0 Å². The summed E-state index contributed by atoms with van der Waals surface area (Å²) in [6, 6.07) is 3.87. The van der Waals surface area contributed by atoms with Crippen LogP contribution in [0.25, 0.3) is 6.08 Å². The number of anilines is 1. The lowest BCUT2D eigenvalue weighted by Gasteiger charge is -2.05. The Bertz CT molecular complexity index is 666. The number of carbonyl (C=O) groups excluding carboxylic acids is 1. The van der Waals surface area contributed by atoms with Crippen molar-refractivity contribution in [2.75, 3.05) is 5.32 Å². The van der Waals surface area contributed by atoms with Crippen LogP contribution < -0.4 is 5.32 Å². The number of nitrogens with zero attached hydrogens (tertiary/aromatic N) is 1. The van der Waals surface area contributed by atoms with Gasteiger partial charge in [0.15, 0.2) is 0 Å². The maximum atomic E-state index is 13.5. The molecule has 0 saturated carbocycles. The summed E-state index contributed by atoms with van der Waals surface area (Å²) in [6.45, 7) is 0. The Morgan fingerprint density at radius 3 is 2.85 bits per heavy atom. The van der Waals surface area contributed by atoms with Crippen LogP contribution in [0, 0.1) is 5.82 Å². The van der Waals surface area contributed by atoms with Crippen molar-refractivity contribution >= 4 is 23.6 Å². The zero-order valence-electron chi connectivity index (χ0n) is 10.1. The smallest absolute Gasteiger partial charge is 0.328 e. The number of carbonyl (C=O) groups is 2. The molecule has 1 aromatic heterocycles. The normalized spacial score (nSPS) is 10.7. The monoisotopic (exact) mass is 275 g/mol. The SMILES string of the molecule is O=C(O)/C=C/c1cc(NC(=O)c2cn[nH]c2)ccc1F. The first-order valence-electron chi connectivity index (χ1n) is 5.57. The number of hydrogen-bond donors (Lipinski definition) is 3. The third-order valence-electron chi connectivity index (χ3n) is 2.42. The van der Waals surface area contributed by atoms with Crippen molar-refractivity contribution in [3.8, 4) is 0 Å². The molecule has 0 aliphatic rings. The zero-order valence-corrected chi connectivity index (χ0v) is 10.1. The molecule has 1 heterocycles. The Morgan fingerprint density at radius 2 is 2.20 bits per heavy atom. The summed E-state index contributed by atoms with van der Waals surface area (Å²) >= 11 is 0. The van der Waals surface area contributed by atoms with Crippen molar-refractivity contribution < 1.29 is 19.1 Å². The molecule has 2 rings (SSSR count). The van der Waals surface area contributed by atoms with Gasteiger partial charge < -0.3 is 10.4 Å². The van der Waals surface area contributed by atoms with Crippen molar-refractivity contribution in [1.29, 1.82) is 0 Å². The molecule has 0 radical (unpaired) electrons. The third kappa shape index (κ3) is 3.29. The van der Waals surface area contributed by atoms with E-state index in [1.54, 1.807) is 0 Å². The van der Waals surface area contributed by atoms with E-state index in [2.05, 4.69) is 15.5 Å². The maximum absolute atomic E-state index is 13.5. The molecule has 7 heteroatoms. The average molecular weight is 275 g/mol. The minimum absolute atomic E-state index is 0.0670. The van der Waals surface area contributed by atoms with Gasteiger partial charge >= 0.3 is 5.97 Å². The number of H-pyrrole nitrogens is 1. The van der Waals surface area contributed by atoms with Crippen LogP contribution in [0.4, 0.5) is 10.1 Å². The number of aliphatic carboxylic acids is 1. The molecule has 0 bridgehead atoms. The predicted molar refractivity (Wildman–Crippen MR) is 69.6 cm³/mol. The summed E-state index contributed by atoms with van der Waals surface area (Å²) < 4.78 is 13.5. The van der Waals surface area contributed by atoms with E-state index in [9.17, 15) is 14.0 Å². The maximum Gasteiger partial charge on any atom is 0.328 e. The number of rotatable bonds is 4. The van der Waals surface area contributed by atoms with Gasteiger partial charge in [0, 0.05) is 23.5 Å². The van der Waals surface area contributed by atoms with Crippen LogP contribution in [-0.2, 0) is 4.79 Å². The first kappa shape index (κ1) is 13.5. The van der Waals surface area contributed by atoms with Crippen molar-refractivity contribution in [2.24, 2.45) is 0 Å². The van der Waals surface area contributed by atoms with Gasteiger partial charge in [-0.15, -0.1) is 0 Å². The Balaban J connectivity index is 2.19. The second-order valence-electron chi connectivity index (χ2n) is 3.85. The number of carboxylic acids is 1. The van der Waals surface area contributed by atoms with Crippen molar-refractivity contribution in [2.45, 2.75) is 0 Å². The molecule has 0 aliphatic heterocycles. The Hall–Kier alpha value is -2.96. The number of carboxylic acid groups (broad SMARTS) is 1. The van der Waals surface area contributed by atoms with E-state index in [1.165, 1.54) is 24.5 Å². The van der Waals surface area contributed by atoms with Gasteiger partial charge in [0.2, 0.25) is 0 Å². The summed E-state index contributed by atoms with van der Waals surface area (Å²) in [5.41, 5.74) is 0.747.